The zero-order valence-electron chi connectivity index (χ0n) is 21.0. The molecule has 0 aromatic carbocycles. The number of nitrogens with one attached hydrogen (secondary N) is 1. The van der Waals surface area contributed by atoms with Crippen LogP contribution in [0.2, 0.25) is 0 Å². The van der Waals surface area contributed by atoms with Crippen molar-refractivity contribution in [3.8, 4) is 0 Å². The van der Waals surface area contributed by atoms with Crippen LogP contribution in [0.4, 0.5) is 5.82 Å². The minimum absolute atomic E-state index is 0.00865. The summed E-state index contributed by atoms with van der Waals surface area (Å²) < 4.78 is 23.8. The molecule has 14 heteroatoms. The Hall–Kier alpha value is -3.81. The van der Waals surface area contributed by atoms with Gasteiger partial charge in [0.2, 0.25) is 5.91 Å². The molecule has 3 rings (SSSR count). The minimum Gasteiger partial charge on any atom is -0.469 e. The summed E-state index contributed by atoms with van der Waals surface area (Å²) in [5.74, 6) is -1.44. The number of hydrogen-bond acceptors (Lipinski definition) is 12. The summed E-state index contributed by atoms with van der Waals surface area (Å²) in [6, 6.07) is 0. The van der Waals surface area contributed by atoms with Crippen molar-refractivity contribution >= 4 is 40.8 Å². The highest BCUT2D eigenvalue weighted by atomic mass is 16.6. The monoisotopic (exact) mass is 520 g/mol. The lowest BCUT2D eigenvalue weighted by molar-refractivity contribution is -0.168. The first-order chi connectivity index (χ1) is 17.8. The van der Waals surface area contributed by atoms with E-state index in [0.717, 1.165) is 0 Å². The van der Waals surface area contributed by atoms with E-state index in [2.05, 4.69) is 20.3 Å². The van der Waals surface area contributed by atoms with Gasteiger partial charge in [0.05, 0.1) is 13.4 Å². The molecule has 0 bridgehead atoms. The smallest absolute Gasteiger partial charge is 0.306 e. The van der Waals surface area contributed by atoms with Crippen molar-refractivity contribution in [2.24, 2.45) is 5.73 Å². The molecule has 0 saturated carbocycles. The van der Waals surface area contributed by atoms with E-state index in [9.17, 15) is 19.2 Å². The van der Waals surface area contributed by atoms with Gasteiger partial charge >= 0.3 is 17.9 Å². The van der Waals surface area contributed by atoms with Crippen molar-refractivity contribution in [1.29, 1.82) is 0 Å². The molecule has 1 aliphatic heterocycles. The zero-order valence-corrected chi connectivity index (χ0v) is 21.0. The van der Waals surface area contributed by atoms with E-state index in [1.807, 2.05) is 0 Å². The van der Waals surface area contributed by atoms with Crippen LogP contribution in [0.15, 0.2) is 12.7 Å². The number of carbonyl (C=O) groups is 4. The summed E-state index contributed by atoms with van der Waals surface area (Å²) >= 11 is 0. The average molecular weight is 521 g/mol. The van der Waals surface area contributed by atoms with Crippen molar-refractivity contribution in [3.05, 3.63) is 12.7 Å². The van der Waals surface area contributed by atoms with Gasteiger partial charge in [0, 0.05) is 32.2 Å². The highest BCUT2D eigenvalue weighted by molar-refractivity contribution is 5.82. The number of imidazole rings is 1. The van der Waals surface area contributed by atoms with Crippen LogP contribution >= 0.6 is 0 Å². The molecule has 3 N–H and O–H groups in total. The number of methoxy groups -OCH3 is 1. The molecule has 37 heavy (non-hydrogen) atoms. The minimum atomic E-state index is -1.02. The first kappa shape index (κ1) is 27.8. The third-order valence-electron chi connectivity index (χ3n) is 5.78. The van der Waals surface area contributed by atoms with E-state index < -0.39 is 48.4 Å². The summed E-state index contributed by atoms with van der Waals surface area (Å²) in [5, 5.41) is 3.11. The zero-order chi connectivity index (χ0) is 26.9. The van der Waals surface area contributed by atoms with E-state index in [4.69, 9.17) is 24.7 Å². The molecule has 202 valence electrons. The highest BCUT2D eigenvalue weighted by Crippen LogP contribution is 2.38. The second-order valence-corrected chi connectivity index (χ2v) is 8.34. The van der Waals surface area contributed by atoms with Gasteiger partial charge < -0.3 is 30.0 Å². The molecule has 2 aromatic rings. The standard InChI is InChI=1S/C23H32N6O8/c1-4-15(31)36-19-13(8-9-17(33)34-3)35-23(20(19)37-16(32)5-2)29-12-28-18-21(26-11-27-22(18)29)25-10-6-7-14(24)30/h11-13,19-20,23H,4-10H2,1-3H3,(H2,24,30)(H,25,26,27)/t13-,19-,20-,23+/m1/s1. The fraction of sp³-hybridized carbons (Fsp3) is 0.609. The summed E-state index contributed by atoms with van der Waals surface area (Å²) in [5.41, 5.74) is 5.99. The number of primary amides is 1. The van der Waals surface area contributed by atoms with Crippen LogP contribution in [0, 0.1) is 0 Å². The molecule has 1 saturated heterocycles. The Morgan fingerprint density at radius 3 is 2.38 bits per heavy atom. The number of nitrogens with zero attached hydrogens (tertiary/aromatic N) is 4. The number of nitrogens with two attached hydrogens (primary N) is 1. The Bertz CT molecular complexity index is 1120. The molecule has 1 fully saturated rings. The van der Waals surface area contributed by atoms with Gasteiger partial charge in [-0.3, -0.25) is 23.7 Å². The summed E-state index contributed by atoms with van der Waals surface area (Å²) in [6.07, 6.45) is 0.198. The number of hydrogen-bond donors (Lipinski definition) is 2. The van der Waals surface area contributed by atoms with Crippen LogP contribution < -0.4 is 11.1 Å². The number of rotatable bonds is 13. The molecule has 4 atom stereocenters. The van der Waals surface area contributed by atoms with Gasteiger partial charge in [0.1, 0.15) is 12.4 Å². The second kappa shape index (κ2) is 12.9. The molecule has 2 aromatic heterocycles. The van der Waals surface area contributed by atoms with Gasteiger partial charge in [-0.05, 0) is 12.8 Å². The molecule has 14 nitrogen and oxygen atoms in total. The molecule has 0 aliphatic carbocycles. The lowest BCUT2D eigenvalue weighted by atomic mass is 10.1. The fourth-order valence-corrected chi connectivity index (χ4v) is 3.90. The number of amides is 1. The van der Waals surface area contributed by atoms with Gasteiger partial charge in [0.25, 0.3) is 0 Å². The Labute approximate surface area is 213 Å². The van der Waals surface area contributed by atoms with Crippen molar-refractivity contribution in [3.63, 3.8) is 0 Å². The topological polar surface area (TPSA) is 187 Å². The van der Waals surface area contributed by atoms with Gasteiger partial charge in [0.15, 0.2) is 35.4 Å². The van der Waals surface area contributed by atoms with Crippen molar-refractivity contribution < 1.29 is 38.1 Å². The molecule has 0 spiro atoms. The van der Waals surface area contributed by atoms with Crippen molar-refractivity contribution in [2.75, 3.05) is 19.0 Å². The van der Waals surface area contributed by atoms with E-state index in [0.29, 0.717) is 29.9 Å². The van der Waals surface area contributed by atoms with Crippen LogP contribution in [-0.2, 0) is 38.1 Å². The lowest BCUT2D eigenvalue weighted by Gasteiger charge is -2.24. The molecule has 0 radical (unpaired) electrons. The molecule has 3 heterocycles. The van der Waals surface area contributed by atoms with Crippen LogP contribution in [-0.4, -0.2) is 75.3 Å². The van der Waals surface area contributed by atoms with Crippen molar-refractivity contribution in [1.82, 2.24) is 19.5 Å². The number of ether oxygens (including phenoxy) is 4. The fourth-order valence-electron chi connectivity index (χ4n) is 3.90. The van der Waals surface area contributed by atoms with Gasteiger partial charge in [-0.2, -0.15) is 0 Å². The number of carbonyl (C=O) groups excluding carboxylic acids is 4. The summed E-state index contributed by atoms with van der Waals surface area (Å²) in [4.78, 5) is 60.3. The maximum Gasteiger partial charge on any atom is 0.306 e. The Kier molecular flexibility index (Phi) is 9.71. The highest BCUT2D eigenvalue weighted by Gasteiger charge is 2.50. The first-order valence-corrected chi connectivity index (χ1v) is 12.1. The third-order valence-corrected chi connectivity index (χ3v) is 5.78. The largest absolute Gasteiger partial charge is 0.469 e. The average Bonchev–Trinajstić information content (AvgIpc) is 3.46. The van der Waals surface area contributed by atoms with Crippen LogP contribution in [0.3, 0.4) is 0 Å². The predicted molar refractivity (Wildman–Crippen MR) is 128 cm³/mol. The maximum atomic E-state index is 12.3. The summed E-state index contributed by atoms with van der Waals surface area (Å²) in [6.45, 7) is 3.72. The van der Waals surface area contributed by atoms with Crippen LogP contribution in [0.1, 0.15) is 58.6 Å². The second-order valence-electron chi connectivity index (χ2n) is 8.34. The first-order valence-electron chi connectivity index (χ1n) is 12.1. The van der Waals surface area contributed by atoms with E-state index in [1.165, 1.54) is 19.8 Å². The Balaban J connectivity index is 1.94. The number of aromatic nitrogens is 4. The van der Waals surface area contributed by atoms with E-state index >= 15 is 0 Å². The maximum absolute atomic E-state index is 12.3. The normalized spacial score (nSPS) is 20.9. The van der Waals surface area contributed by atoms with E-state index in [1.54, 1.807) is 18.4 Å². The predicted octanol–water partition coefficient (Wildman–Crippen LogP) is 0.998. The van der Waals surface area contributed by atoms with E-state index in [-0.39, 0.29) is 32.1 Å². The number of fused-ring (bicyclic) bond motifs is 1. The Morgan fingerprint density at radius 2 is 1.73 bits per heavy atom. The number of esters is 3. The van der Waals surface area contributed by atoms with Crippen molar-refractivity contribution in [2.45, 2.75) is 76.9 Å². The quantitative estimate of drug-likeness (QED) is 0.217. The lowest BCUT2D eigenvalue weighted by Crippen LogP contribution is -2.39. The van der Waals surface area contributed by atoms with Gasteiger partial charge in [-0.25, -0.2) is 15.0 Å². The van der Waals surface area contributed by atoms with Crippen LogP contribution in [0.25, 0.3) is 11.2 Å². The molecule has 1 aliphatic rings. The Morgan fingerprint density at radius 1 is 1.03 bits per heavy atom. The molecular weight excluding hydrogens is 488 g/mol. The molecular formula is C23H32N6O8. The van der Waals surface area contributed by atoms with Gasteiger partial charge in [-0.15, -0.1) is 0 Å². The van der Waals surface area contributed by atoms with Gasteiger partial charge in [-0.1, -0.05) is 13.8 Å². The third kappa shape index (κ3) is 6.90. The SMILES string of the molecule is CCC(=O)O[C@@H]1[C@H](OC(=O)CC)[C@@H](CCC(=O)OC)O[C@@H]1n1cnc2c(NCCCC(N)=O)ncnc21. The number of anilines is 1. The van der Waals surface area contributed by atoms with Crippen LogP contribution in [0.5, 0.6) is 0 Å². The molecule has 1 amide bonds. The molecule has 0 unspecified atom stereocenters. The summed E-state index contributed by atoms with van der Waals surface area (Å²) in [7, 11) is 1.28.